The van der Waals surface area contributed by atoms with Crippen LogP contribution < -0.4 is 10.2 Å². The van der Waals surface area contributed by atoms with Gasteiger partial charge in [0, 0.05) is 18.0 Å². The number of benzene rings is 1. The van der Waals surface area contributed by atoms with E-state index < -0.39 is 11.7 Å². The van der Waals surface area contributed by atoms with E-state index >= 15 is 0 Å². The third-order valence-corrected chi connectivity index (χ3v) is 3.57. The Balaban J connectivity index is 2.10. The van der Waals surface area contributed by atoms with Crippen LogP contribution in [0.25, 0.3) is 0 Å². The summed E-state index contributed by atoms with van der Waals surface area (Å²) in [5.41, 5.74) is 2.27. The molecule has 0 fully saturated rings. The van der Waals surface area contributed by atoms with Gasteiger partial charge in [0.1, 0.15) is 0 Å². The molecule has 0 aliphatic rings. The van der Waals surface area contributed by atoms with Crippen LogP contribution in [0.15, 0.2) is 29.2 Å². The highest BCUT2D eigenvalue weighted by Gasteiger charge is 2.30. The van der Waals surface area contributed by atoms with Crippen LogP contribution in [0.5, 0.6) is 0 Å². The first-order valence-electron chi connectivity index (χ1n) is 7.35. The molecule has 1 aromatic rings. The second kappa shape index (κ2) is 10.1. The van der Waals surface area contributed by atoms with Crippen LogP contribution in [-0.2, 0) is 11.0 Å². The van der Waals surface area contributed by atoms with E-state index in [0.29, 0.717) is 4.90 Å². The average Bonchev–Trinajstić information content (AvgIpc) is 2.44. The van der Waals surface area contributed by atoms with Gasteiger partial charge in [0.05, 0.1) is 11.7 Å². The molecule has 0 spiro atoms. The van der Waals surface area contributed by atoms with Crippen molar-refractivity contribution >= 4 is 11.9 Å². The van der Waals surface area contributed by atoms with E-state index in [4.69, 9.17) is 4.84 Å². The monoisotopic (exact) mass is 336 g/mol. The van der Waals surface area contributed by atoms with Crippen LogP contribution in [0.4, 0.5) is 13.2 Å². The molecular formula is C15H23F3N2OS. The fourth-order valence-corrected chi connectivity index (χ4v) is 2.41. The van der Waals surface area contributed by atoms with Crippen molar-refractivity contribution in [2.24, 2.45) is 0 Å². The Hall–Kier alpha value is -0.760. The van der Waals surface area contributed by atoms with Crippen molar-refractivity contribution in [2.75, 3.05) is 13.1 Å². The van der Waals surface area contributed by atoms with Gasteiger partial charge in [0.25, 0.3) is 0 Å². The fraction of sp³-hybridized carbons (Fsp3) is 0.600. The summed E-state index contributed by atoms with van der Waals surface area (Å²) in [5, 5.41) is 0. The first-order valence-corrected chi connectivity index (χ1v) is 8.16. The van der Waals surface area contributed by atoms with E-state index in [1.165, 1.54) is 18.0 Å². The molecule has 1 rings (SSSR count). The molecule has 0 unspecified atom stereocenters. The summed E-state index contributed by atoms with van der Waals surface area (Å²) in [6.45, 7) is 5.48. The molecule has 0 saturated heterocycles. The van der Waals surface area contributed by atoms with Crippen molar-refractivity contribution in [3.8, 4) is 0 Å². The van der Waals surface area contributed by atoms with Crippen LogP contribution in [-0.4, -0.2) is 19.2 Å². The van der Waals surface area contributed by atoms with Crippen LogP contribution in [0.3, 0.4) is 0 Å². The van der Waals surface area contributed by atoms with Gasteiger partial charge in [-0.1, -0.05) is 12.5 Å². The molecular weight excluding hydrogens is 313 g/mol. The van der Waals surface area contributed by atoms with Gasteiger partial charge < -0.3 is 0 Å². The Labute approximate surface area is 134 Å². The Morgan fingerprint density at radius 2 is 1.86 bits per heavy atom. The summed E-state index contributed by atoms with van der Waals surface area (Å²) in [5.74, 6) is 0. The van der Waals surface area contributed by atoms with Gasteiger partial charge in [0.15, 0.2) is 0 Å². The number of nitrogens with one attached hydrogen (secondary N) is 2. The summed E-state index contributed by atoms with van der Waals surface area (Å²) >= 11 is 1.23. The summed E-state index contributed by atoms with van der Waals surface area (Å²) in [7, 11) is 0. The zero-order valence-electron chi connectivity index (χ0n) is 12.9. The quantitative estimate of drug-likeness (QED) is 0.377. The average molecular weight is 336 g/mol. The zero-order chi connectivity index (χ0) is 16.4. The predicted octanol–water partition coefficient (Wildman–Crippen LogP) is 4.40. The highest BCUT2D eigenvalue weighted by atomic mass is 32.2. The lowest BCUT2D eigenvalue weighted by Gasteiger charge is -2.09. The molecule has 0 aromatic heterocycles. The maximum atomic E-state index is 12.6. The Bertz CT molecular complexity index is 427. The zero-order valence-corrected chi connectivity index (χ0v) is 13.7. The highest BCUT2D eigenvalue weighted by Crippen LogP contribution is 2.31. The molecule has 7 heteroatoms. The van der Waals surface area contributed by atoms with Crippen molar-refractivity contribution in [3.63, 3.8) is 0 Å². The van der Waals surface area contributed by atoms with Crippen molar-refractivity contribution in [3.05, 3.63) is 29.8 Å². The molecule has 2 N–H and O–H groups in total. The fourth-order valence-electron chi connectivity index (χ4n) is 1.67. The lowest BCUT2D eigenvalue weighted by atomic mass is 10.2. The van der Waals surface area contributed by atoms with Gasteiger partial charge in [-0.25, -0.2) is 5.48 Å². The molecule has 0 radical (unpaired) electrons. The normalized spacial score (nSPS) is 12.1. The second-order valence-electron chi connectivity index (χ2n) is 5.14. The summed E-state index contributed by atoms with van der Waals surface area (Å²) in [6, 6.07) is 5.33. The lowest BCUT2D eigenvalue weighted by Crippen LogP contribution is -2.20. The minimum Gasteiger partial charge on any atom is -0.299 e. The molecule has 3 nitrogen and oxygen atoms in total. The van der Waals surface area contributed by atoms with E-state index in [0.717, 1.165) is 44.5 Å². The van der Waals surface area contributed by atoms with E-state index in [9.17, 15) is 13.2 Å². The molecule has 22 heavy (non-hydrogen) atoms. The van der Waals surface area contributed by atoms with Gasteiger partial charge in [-0.05, 0) is 56.8 Å². The van der Waals surface area contributed by atoms with Gasteiger partial charge in [-0.2, -0.15) is 13.2 Å². The van der Waals surface area contributed by atoms with E-state index in [-0.39, 0.29) is 6.10 Å². The Morgan fingerprint density at radius 3 is 2.55 bits per heavy atom. The Kier molecular flexibility index (Phi) is 8.85. The van der Waals surface area contributed by atoms with Gasteiger partial charge in [-0.15, -0.1) is 0 Å². The first kappa shape index (κ1) is 19.3. The topological polar surface area (TPSA) is 33.3 Å². The molecule has 126 valence electrons. The maximum Gasteiger partial charge on any atom is 0.416 e. The third-order valence-electron chi connectivity index (χ3n) is 2.73. The molecule has 0 atom stereocenters. The van der Waals surface area contributed by atoms with Crippen molar-refractivity contribution in [2.45, 2.75) is 50.3 Å². The van der Waals surface area contributed by atoms with Crippen LogP contribution >= 0.6 is 11.9 Å². The van der Waals surface area contributed by atoms with E-state index in [2.05, 4.69) is 10.2 Å². The van der Waals surface area contributed by atoms with E-state index in [1.54, 1.807) is 6.07 Å². The lowest BCUT2D eigenvalue weighted by molar-refractivity contribution is -0.137. The minimum absolute atomic E-state index is 0.172. The second-order valence-corrected chi connectivity index (χ2v) is 6.11. The van der Waals surface area contributed by atoms with Crippen molar-refractivity contribution in [1.82, 2.24) is 10.2 Å². The summed E-state index contributed by atoms with van der Waals surface area (Å²) in [4.78, 5) is 5.78. The SMILES string of the molecule is CC(C)ONCCCCCNSc1cccc(C(F)(F)F)c1. The van der Waals surface area contributed by atoms with Gasteiger partial charge >= 0.3 is 6.18 Å². The summed E-state index contributed by atoms with van der Waals surface area (Å²) < 4.78 is 40.8. The molecule has 0 saturated carbocycles. The predicted molar refractivity (Wildman–Crippen MR) is 83.4 cm³/mol. The number of hydroxylamine groups is 1. The minimum atomic E-state index is -4.29. The van der Waals surface area contributed by atoms with Crippen LogP contribution in [0.2, 0.25) is 0 Å². The first-order chi connectivity index (χ1) is 10.4. The molecule has 0 heterocycles. The standard InChI is InChI=1S/C15H23F3N2OS/c1-12(2)21-19-9-4-3-5-10-20-22-14-8-6-7-13(11-14)15(16,17)18/h6-8,11-12,19-20H,3-5,9-10H2,1-2H3. The maximum absolute atomic E-state index is 12.6. The number of halogens is 3. The Morgan fingerprint density at radius 1 is 1.14 bits per heavy atom. The van der Waals surface area contributed by atoms with Crippen LogP contribution in [0, 0.1) is 0 Å². The molecule has 0 aliphatic heterocycles. The molecule has 0 aliphatic carbocycles. The number of unbranched alkanes of at least 4 members (excludes halogenated alkanes) is 2. The summed E-state index contributed by atoms with van der Waals surface area (Å²) in [6.07, 6.45) is -1.12. The van der Waals surface area contributed by atoms with Crippen molar-refractivity contribution < 1.29 is 18.0 Å². The highest BCUT2D eigenvalue weighted by molar-refractivity contribution is 7.97. The van der Waals surface area contributed by atoms with Crippen LogP contribution in [0.1, 0.15) is 38.7 Å². The smallest absolute Gasteiger partial charge is 0.299 e. The molecule has 0 amide bonds. The number of rotatable bonds is 10. The molecule has 1 aromatic carbocycles. The largest absolute Gasteiger partial charge is 0.416 e. The van der Waals surface area contributed by atoms with Crippen molar-refractivity contribution in [1.29, 1.82) is 0 Å². The van der Waals surface area contributed by atoms with E-state index in [1.807, 2.05) is 13.8 Å². The number of hydrogen-bond acceptors (Lipinski definition) is 4. The number of hydrogen-bond donors (Lipinski definition) is 2. The van der Waals surface area contributed by atoms with Gasteiger partial charge in [0.2, 0.25) is 0 Å². The third kappa shape index (κ3) is 8.63. The molecule has 0 bridgehead atoms. The number of alkyl halides is 3. The van der Waals surface area contributed by atoms with Gasteiger partial charge in [-0.3, -0.25) is 9.56 Å².